The van der Waals surface area contributed by atoms with Crippen molar-refractivity contribution in [2.75, 3.05) is 13.1 Å². The summed E-state index contributed by atoms with van der Waals surface area (Å²) in [6.45, 7) is 2.90. The number of benzene rings is 1. The number of hydrogen-bond donors (Lipinski definition) is 2. The maximum atomic E-state index is 12.5. The molecule has 2 aliphatic heterocycles. The van der Waals surface area contributed by atoms with Crippen LogP contribution in [0.4, 0.5) is 13.2 Å². The number of carbonyl (C=O) groups is 2. The van der Waals surface area contributed by atoms with Crippen LogP contribution in [-0.2, 0) is 23.2 Å². The Morgan fingerprint density at radius 3 is 2.39 bits per heavy atom. The summed E-state index contributed by atoms with van der Waals surface area (Å²) in [7, 11) is 2.04. The van der Waals surface area contributed by atoms with Crippen molar-refractivity contribution in [3.63, 3.8) is 0 Å². The molecule has 0 aliphatic carbocycles. The SMILES string of the molecule is Cn1ccnc1CN1CCC2(CC1)CC(c1ccccc1)C(=O)N2.O=C(O)C(F)(F)F. The van der Waals surface area contributed by atoms with Crippen LogP contribution in [0.15, 0.2) is 42.7 Å². The van der Waals surface area contributed by atoms with Gasteiger partial charge in [0, 0.05) is 38.1 Å². The van der Waals surface area contributed by atoms with Gasteiger partial charge in [-0.05, 0) is 24.8 Å². The minimum absolute atomic E-state index is 0.00675. The molecular formula is C21H25F3N4O3. The lowest BCUT2D eigenvalue weighted by Crippen LogP contribution is -2.50. The van der Waals surface area contributed by atoms with E-state index in [0.29, 0.717) is 0 Å². The smallest absolute Gasteiger partial charge is 0.475 e. The van der Waals surface area contributed by atoms with Crippen molar-refractivity contribution in [1.82, 2.24) is 19.8 Å². The van der Waals surface area contributed by atoms with E-state index < -0.39 is 12.1 Å². The minimum Gasteiger partial charge on any atom is -0.475 e. The van der Waals surface area contributed by atoms with Crippen LogP contribution >= 0.6 is 0 Å². The number of aromatic nitrogens is 2. The Kier molecular flexibility index (Phi) is 6.68. The van der Waals surface area contributed by atoms with Crippen LogP contribution in [0.2, 0.25) is 0 Å². The first-order valence-electron chi connectivity index (χ1n) is 9.95. The van der Waals surface area contributed by atoms with Crippen molar-refractivity contribution in [2.24, 2.45) is 7.05 Å². The lowest BCUT2D eigenvalue weighted by molar-refractivity contribution is -0.192. The number of carboxylic acids is 1. The summed E-state index contributed by atoms with van der Waals surface area (Å²) in [4.78, 5) is 28.2. The number of halogens is 3. The van der Waals surface area contributed by atoms with Crippen LogP contribution in [0.1, 0.15) is 36.6 Å². The predicted molar refractivity (Wildman–Crippen MR) is 106 cm³/mol. The summed E-state index contributed by atoms with van der Waals surface area (Å²) < 4.78 is 33.8. The fourth-order valence-electron chi connectivity index (χ4n) is 4.05. The van der Waals surface area contributed by atoms with Gasteiger partial charge in [0.1, 0.15) is 5.82 Å². The van der Waals surface area contributed by atoms with Crippen molar-refractivity contribution in [3.8, 4) is 0 Å². The van der Waals surface area contributed by atoms with Gasteiger partial charge in [-0.15, -0.1) is 0 Å². The fraction of sp³-hybridized carbons (Fsp3) is 0.476. The van der Waals surface area contributed by atoms with E-state index in [-0.39, 0.29) is 17.4 Å². The number of likely N-dealkylation sites (tertiary alicyclic amines) is 1. The maximum absolute atomic E-state index is 12.5. The van der Waals surface area contributed by atoms with Crippen LogP contribution in [0.3, 0.4) is 0 Å². The topological polar surface area (TPSA) is 87.5 Å². The molecule has 2 aromatic rings. The van der Waals surface area contributed by atoms with Crippen molar-refractivity contribution < 1.29 is 27.9 Å². The Labute approximate surface area is 177 Å². The third kappa shape index (κ3) is 5.63. The average molecular weight is 438 g/mol. The van der Waals surface area contributed by atoms with Gasteiger partial charge in [0.25, 0.3) is 0 Å². The second-order valence-electron chi connectivity index (χ2n) is 7.97. The number of nitrogens with one attached hydrogen (secondary N) is 1. The molecule has 2 N–H and O–H groups in total. The number of rotatable bonds is 3. The molecule has 1 unspecified atom stereocenters. The Balaban J connectivity index is 0.000000339. The van der Waals surface area contributed by atoms with E-state index in [1.54, 1.807) is 0 Å². The zero-order valence-corrected chi connectivity index (χ0v) is 17.1. The van der Waals surface area contributed by atoms with Crippen LogP contribution in [-0.4, -0.2) is 56.2 Å². The molecular weight excluding hydrogens is 413 g/mol. The maximum Gasteiger partial charge on any atom is 0.490 e. The largest absolute Gasteiger partial charge is 0.490 e. The molecule has 31 heavy (non-hydrogen) atoms. The second kappa shape index (κ2) is 9.09. The van der Waals surface area contributed by atoms with Gasteiger partial charge < -0.3 is 15.0 Å². The highest BCUT2D eigenvalue weighted by molar-refractivity contribution is 5.87. The second-order valence-corrected chi connectivity index (χ2v) is 7.97. The van der Waals surface area contributed by atoms with E-state index in [4.69, 9.17) is 9.90 Å². The van der Waals surface area contributed by atoms with E-state index in [0.717, 1.165) is 50.3 Å². The average Bonchev–Trinajstić information content (AvgIpc) is 3.27. The highest BCUT2D eigenvalue weighted by atomic mass is 19.4. The molecule has 7 nitrogen and oxygen atoms in total. The summed E-state index contributed by atoms with van der Waals surface area (Å²) >= 11 is 0. The van der Waals surface area contributed by atoms with Gasteiger partial charge >= 0.3 is 12.1 Å². The Morgan fingerprint density at radius 2 is 1.87 bits per heavy atom. The van der Waals surface area contributed by atoms with Crippen LogP contribution in [0.25, 0.3) is 0 Å². The van der Waals surface area contributed by atoms with E-state index in [1.165, 1.54) is 0 Å². The first-order chi connectivity index (χ1) is 14.6. The van der Waals surface area contributed by atoms with Gasteiger partial charge in [-0.2, -0.15) is 13.2 Å². The highest BCUT2D eigenvalue weighted by Crippen LogP contribution is 2.39. The summed E-state index contributed by atoms with van der Waals surface area (Å²) in [5.74, 6) is -1.46. The molecule has 2 saturated heterocycles. The van der Waals surface area contributed by atoms with Crippen molar-refractivity contribution in [1.29, 1.82) is 0 Å². The number of carboxylic acid groups (broad SMARTS) is 1. The number of nitrogens with zero attached hydrogens (tertiary/aromatic N) is 3. The zero-order chi connectivity index (χ0) is 22.6. The van der Waals surface area contributed by atoms with Gasteiger partial charge in [-0.1, -0.05) is 30.3 Å². The minimum atomic E-state index is -5.08. The quantitative estimate of drug-likeness (QED) is 0.770. The van der Waals surface area contributed by atoms with E-state index in [9.17, 15) is 18.0 Å². The van der Waals surface area contributed by atoms with E-state index in [1.807, 2.05) is 37.6 Å². The number of alkyl halides is 3. The lowest BCUT2D eigenvalue weighted by atomic mass is 9.82. The zero-order valence-electron chi connectivity index (χ0n) is 17.1. The number of imidazole rings is 1. The van der Waals surface area contributed by atoms with Crippen molar-refractivity contribution in [2.45, 2.75) is 43.4 Å². The molecule has 2 fully saturated rings. The summed E-state index contributed by atoms with van der Waals surface area (Å²) in [6.07, 6.45) is 1.72. The summed E-state index contributed by atoms with van der Waals surface area (Å²) in [5.41, 5.74) is 1.12. The lowest BCUT2D eigenvalue weighted by Gasteiger charge is -2.39. The van der Waals surface area contributed by atoms with Gasteiger partial charge in [-0.3, -0.25) is 9.69 Å². The number of aryl methyl sites for hydroxylation is 1. The van der Waals surface area contributed by atoms with Crippen LogP contribution in [0, 0.1) is 0 Å². The number of carbonyl (C=O) groups excluding carboxylic acids is 1. The molecule has 0 saturated carbocycles. The van der Waals surface area contributed by atoms with Crippen molar-refractivity contribution >= 4 is 11.9 Å². The first kappa shape index (κ1) is 22.8. The number of hydrogen-bond acceptors (Lipinski definition) is 4. The monoisotopic (exact) mass is 438 g/mol. The summed E-state index contributed by atoms with van der Waals surface area (Å²) in [5, 5.41) is 10.4. The third-order valence-electron chi connectivity index (χ3n) is 5.84. The normalized spacial score (nSPS) is 20.8. The molecule has 2 aliphatic rings. The van der Waals surface area contributed by atoms with Crippen LogP contribution in [0.5, 0.6) is 0 Å². The molecule has 4 rings (SSSR count). The Bertz CT molecular complexity index is 906. The first-order valence-corrected chi connectivity index (χ1v) is 9.95. The molecule has 1 aromatic heterocycles. The van der Waals surface area contributed by atoms with Gasteiger partial charge in [0.2, 0.25) is 5.91 Å². The summed E-state index contributed by atoms with van der Waals surface area (Å²) in [6, 6.07) is 10.2. The third-order valence-corrected chi connectivity index (χ3v) is 5.84. The van der Waals surface area contributed by atoms with E-state index >= 15 is 0 Å². The Morgan fingerprint density at radius 1 is 1.26 bits per heavy atom. The molecule has 1 spiro atoms. The highest BCUT2D eigenvalue weighted by Gasteiger charge is 2.46. The van der Waals surface area contributed by atoms with E-state index in [2.05, 4.69) is 31.9 Å². The molecule has 168 valence electrons. The van der Waals surface area contributed by atoms with Gasteiger partial charge in [-0.25, -0.2) is 9.78 Å². The molecule has 1 amide bonds. The van der Waals surface area contributed by atoms with Crippen molar-refractivity contribution in [3.05, 3.63) is 54.1 Å². The molecule has 1 aromatic carbocycles. The molecule has 1 atom stereocenters. The Hall–Kier alpha value is -2.88. The standard InChI is InChI=1S/C19H24N4O.C2HF3O2/c1-22-12-9-20-17(22)14-23-10-7-19(8-11-23)13-16(18(24)21-19)15-5-3-2-4-6-15;3-2(4,5)1(6)7/h2-6,9,12,16H,7-8,10-11,13-14H2,1H3,(H,21,24);(H,6,7). The van der Waals surface area contributed by atoms with Crippen LogP contribution < -0.4 is 5.32 Å². The fourth-order valence-corrected chi connectivity index (χ4v) is 4.05. The predicted octanol–water partition coefficient (Wildman–Crippen LogP) is 2.69. The van der Waals surface area contributed by atoms with Gasteiger partial charge in [0.15, 0.2) is 0 Å². The number of aliphatic carboxylic acids is 1. The molecule has 0 radical (unpaired) electrons. The number of amides is 1. The molecule has 0 bridgehead atoms. The number of piperidine rings is 1. The van der Waals surface area contributed by atoms with Gasteiger partial charge in [0.05, 0.1) is 12.5 Å². The molecule has 10 heteroatoms. The molecule has 3 heterocycles.